The lowest BCUT2D eigenvalue weighted by Gasteiger charge is -2.19. The van der Waals surface area contributed by atoms with Crippen LogP contribution >= 0.6 is 0 Å². The maximum Gasteiger partial charge on any atom is 0.308 e. The molecule has 0 spiro atoms. The first-order chi connectivity index (χ1) is 10.4. The molecule has 1 heterocycles. The van der Waals surface area contributed by atoms with Gasteiger partial charge in [0.2, 0.25) is 5.91 Å². The summed E-state index contributed by atoms with van der Waals surface area (Å²) in [4.78, 5) is 27.7. The molecule has 0 aliphatic rings. The molecule has 0 radical (unpaired) electrons. The maximum atomic E-state index is 12.1. The van der Waals surface area contributed by atoms with Gasteiger partial charge in [0.25, 0.3) is 0 Å². The van der Waals surface area contributed by atoms with Crippen molar-refractivity contribution in [3.05, 3.63) is 35.5 Å². The Labute approximate surface area is 129 Å². The molecular formula is C17H22N2O3. The van der Waals surface area contributed by atoms with E-state index in [4.69, 9.17) is 5.11 Å². The molecule has 2 aromatic rings. The number of rotatable bonds is 6. The molecule has 22 heavy (non-hydrogen) atoms. The highest BCUT2D eigenvalue weighted by Gasteiger charge is 2.17. The SMILES string of the molecule is Cc1cccc2c(CCC(=O)N(C)CC(C)C(=O)O)c[nH]c12. The smallest absolute Gasteiger partial charge is 0.308 e. The number of benzene rings is 1. The van der Waals surface area contributed by atoms with E-state index in [-0.39, 0.29) is 12.5 Å². The van der Waals surface area contributed by atoms with E-state index in [9.17, 15) is 9.59 Å². The third-order valence-electron chi connectivity index (χ3n) is 4.01. The molecule has 2 rings (SSSR count). The Hall–Kier alpha value is -2.30. The zero-order valence-electron chi connectivity index (χ0n) is 13.2. The van der Waals surface area contributed by atoms with Crippen LogP contribution in [0.2, 0.25) is 0 Å². The van der Waals surface area contributed by atoms with Crippen LogP contribution in [0.5, 0.6) is 0 Å². The first-order valence-corrected chi connectivity index (χ1v) is 7.42. The summed E-state index contributed by atoms with van der Waals surface area (Å²) in [5, 5.41) is 10.0. The summed E-state index contributed by atoms with van der Waals surface area (Å²) in [6.07, 6.45) is 2.97. The van der Waals surface area contributed by atoms with Crippen molar-refractivity contribution in [1.29, 1.82) is 0 Å². The fraction of sp³-hybridized carbons (Fsp3) is 0.412. The lowest BCUT2D eigenvalue weighted by atomic mass is 10.1. The third-order valence-corrected chi connectivity index (χ3v) is 4.01. The summed E-state index contributed by atoms with van der Waals surface area (Å²) in [7, 11) is 1.65. The number of nitrogens with zero attached hydrogens (tertiary/aromatic N) is 1. The minimum absolute atomic E-state index is 0.0323. The van der Waals surface area contributed by atoms with Crippen LogP contribution < -0.4 is 0 Å². The lowest BCUT2D eigenvalue weighted by molar-refractivity contribution is -0.142. The highest BCUT2D eigenvalue weighted by atomic mass is 16.4. The van der Waals surface area contributed by atoms with Crippen molar-refractivity contribution in [2.24, 2.45) is 5.92 Å². The van der Waals surface area contributed by atoms with E-state index in [1.165, 1.54) is 10.5 Å². The fourth-order valence-corrected chi connectivity index (χ4v) is 2.59. The standard InChI is InChI=1S/C17H22N2O3/c1-11-5-4-6-14-13(9-18-16(11)14)7-8-15(20)19(3)10-12(2)17(21)22/h4-6,9,12,18H,7-8,10H2,1-3H3,(H,21,22). The number of amides is 1. The molecule has 118 valence electrons. The minimum atomic E-state index is -0.883. The second kappa shape index (κ2) is 6.64. The number of aromatic nitrogens is 1. The van der Waals surface area contributed by atoms with E-state index >= 15 is 0 Å². The average Bonchev–Trinajstić information content (AvgIpc) is 2.89. The van der Waals surface area contributed by atoms with Crippen molar-refractivity contribution in [3.63, 3.8) is 0 Å². The van der Waals surface area contributed by atoms with Gasteiger partial charge >= 0.3 is 5.97 Å². The van der Waals surface area contributed by atoms with E-state index in [1.807, 2.05) is 12.3 Å². The summed E-state index contributed by atoms with van der Waals surface area (Å²) in [5.74, 6) is -1.47. The maximum absolute atomic E-state index is 12.1. The van der Waals surface area contributed by atoms with Gasteiger partial charge in [0, 0.05) is 37.1 Å². The molecule has 1 atom stereocenters. The van der Waals surface area contributed by atoms with Gasteiger partial charge in [-0.3, -0.25) is 9.59 Å². The molecule has 0 aliphatic carbocycles. The summed E-state index contributed by atoms with van der Waals surface area (Å²) in [5.41, 5.74) is 3.41. The molecular weight excluding hydrogens is 280 g/mol. The molecule has 1 unspecified atom stereocenters. The zero-order valence-corrected chi connectivity index (χ0v) is 13.2. The summed E-state index contributed by atoms with van der Waals surface area (Å²) < 4.78 is 0. The molecule has 1 aromatic heterocycles. The van der Waals surface area contributed by atoms with Gasteiger partial charge < -0.3 is 15.0 Å². The number of aryl methyl sites for hydroxylation is 2. The highest BCUT2D eigenvalue weighted by Crippen LogP contribution is 2.22. The molecule has 0 fully saturated rings. The number of hydrogen-bond donors (Lipinski definition) is 2. The number of para-hydroxylation sites is 1. The Morgan fingerprint density at radius 2 is 2.09 bits per heavy atom. The van der Waals surface area contributed by atoms with Gasteiger partial charge in [-0.2, -0.15) is 0 Å². The van der Waals surface area contributed by atoms with Crippen molar-refractivity contribution in [1.82, 2.24) is 9.88 Å². The number of carboxylic acids is 1. The van der Waals surface area contributed by atoms with E-state index in [0.29, 0.717) is 12.8 Å². The Morgan fingerprint density at radius 3 is 2.77 bits per heavy atom. The number of aliphatic carboxylic acids is 1. The molecule has 5 nitrogen and oxygen atoms in total. The third kappa shape index (κ3) is 3.47. The largest absolute Gasteiger partial charge is 0.481 e. The number of carbonyl (C=O) groups is 2. The number of hydrogen-bond acceptors (Lipinski definition) is 2. The molecule has 0 aliphatic heterocycles. The normalized spacial score (nSPS) is 12.3. The number of aromatic amines is 1. The van der Waals surface area contributed by atoms with Gasteiger partial charge in [0.15, 0.2) is 0 Å². The van der Waals surface area contributed by atoms with Gasteiger partial charge in [0.1, 0.15) is 0 Å². The molecule has 1 amide bonds. The first kappa shape index (κ1) is 16.1. The van der Waals surface area contributed by atoms with Crippen LogP contribution in [0.4, 0.5) is 0 Å². The van der Waals surface area contributed by atoms with Gasteiger partial charge in [-0.25, -0.2) is 0 Å². The van der Waals surface area contributed by atoms with E-state index in [2.05, 4.69) is 24.0 Å². The lowest BCUT2D eigenvalue weighted by Crippen LogP contribution is -2.33. The summed E-state index contributed by atoms with van der Waals surface area (Å²) in [6, 6.07) is 6.11. The van der Waals surface area contributed by atoms with Crippen LogP contribution in [0.3, 0.4) is 0 Å². The zero-order chi connectivity index (χ0) is 16.3. The van der Waals surface area contributed by atoms with Crippen LogP contribution in [0.25, 0.3) is 10.9 Å². The molecule has 0 saturated heterocycles. The van der Waals surface area contributed by atoms with Gasteiger partial charge in [-0.1, -0.05) is 25.1 Å². The quantitative estimate of drug-likeness (QED) is 0.861. The highest BCUT2D eigenvalue weighted by molar-refractivity contribution is 5.86. The predicted molar refractivity (Wildman–Crippen MR) is 85.8 cm³/mol. The molecule has 0 bridgehead atoms. The van der Waals surface area contributed by atoms with Crippen LogP contribution in [0.1, 0.15) is 24.5 Å². The molecule has 0 saturated carbocycles. The minimum Gasteiger partial charge on any atom is -0.481 e. The number of carboxylic acid groups (broad SMARTS) is 1. The van der Waals surface area contributed by atoms with Crippen molar-refractivity contribution >= 4 is 22.8 Å². The van der Waals surface area contributed by atoms with Crippen LogP contribution in [0, 0.1) is 12.8 Å². The number of H-pyrrole nitrogens is 1. The summed E-state index contributed by atoms with van der Waals surface area (Å²) >= 11 is 0. The fourth-order valence-electron chi connectivity index (χ4n) is 2.59. The Morgan fingerprint density at radius 1 is 1.36 bits per heavy atom. The topological polar surface area (TPSA) is 73.4 Å². The number of carbonyl (C=O) groups excluding carboxylic acids is 1. The summed E-state index contributed by atoms with van der Waals surface area (Å²) in [6.45, 7) is 3.89. The Bertz CT molecular complexity index is 690. The number of nitrogens with one attached hydrogen (secondary N) is 1. The molecule has 2 N–H and O–H groups in total. The monoisotopic (exact) mass is 302 g/mol. The van der Waals surface area contributed by atoms with E-state index in [1.54, 1.807) is 14.0 Å². The van der Waals surface area contributed by atoms with Crippen molar-refractivity contribution < 1.29 is 14.7 Å². The van der Waals surface area contributed by atoms with Crippen molar-refractivity contribution in [2.45, 2.75) is 26.7 Å². The van der Waals surface area contributed by atoms with Crippen LogP contribution in [-0.4, -0.2) is 40.5 Å². The second-order valence-electron chi connectivity index (χ2n) is 5.82. The van der Waals surface area contributed by atoms with Gasteiger partial charge in [0.05, 0.1) is 5.92 Å². The molecule has 1 aromatic carbocycles. The average molecular weight is 302 g/mol. The Kier molecular flexibility index (Phi) is 4.85. The van der Waals surface area contributed by atoms with E-state index in [0.717, 1.165) is 16.5 Å². The number of fused-ring (bicyclic) bond motifs is 1. The van der Waals surface area contributed by atoms with Gasteiger partial charge in [-0.15, -0.1) is 0 Å². The van der Waals surface area contributed by atoms with Gasteiger partial charge in [-0.05, 0) is 24.5 Å². The van der Waals surface area contributed by atoms with Crippen LogP contribution in [0.15, 0.2) is 24.4 Å². The predicted octanol–water partition coefficient (Wildman–Crippen LogP) is 2.59. The van der Waals surface area contributed by atoms with E-state index < -0.39 is 11.9 Å². The van der Waals surface area contributed by atoms with Crippen molar-refractivity contribution in [2.75, 3.05) is 13.6 Å². The van der Waals surface area contributed by atoms with Crippen LogP contribution in [-0.2, 0) is 16.0 Å². The Balaban J connectivity index is 1.98. The van der Waals surface area contributed by atoms with Crippen molar-refractivity contribution in [3.8, 4) is 0 Å². The second-order valence-corrected chi connectivity index (χ2v) is 5.82. The first-order valence-electron chi connectivity index (χ1n) is 7.42. The molecule has 5 heteroatoms.